The summed E-state index contributed by atoms with van der Waals surface area (Å²) in [6.07, 6.45) is 0. The van der Waals surface area contributed by atoms with Crippen LogP contribution in [0.1, 0.15) is 17.3 Å². The van der Waals surface area contributed by atoms with E-state index >= 15 is 0 Å². The maximum Gasteiger partial charge on any atom is 0.242 e. The fourth-order valence-corrected chi connectivity index (χ4v) is 2.26. The average Bonchev–Trinajstić information content (AvgIpc) is 2.41. The van der Waals surface area contributed by atoms with Crippen molar-refractivity contribution < 1.29 is 9.59 Å². The van der Waals surface area contributed by atoms with E-state index in [9.17, 15) is 9.59 Å². The largest absolute Gasteiger partial charge is 0.360 e. The molecule has 1 heterocycles. The van der Waals surface area contributed by atoms with E-state index in [4.69, 9.17) is 5.73 Å². The second-order valence-electron chi connectivity index (χ2n) is 4.88. The van der Waals surface area contributed by atoms with E-state index in [1.807, 2.05) is 17.0 Å². The number of hydrogen-bond acceptors (Lipinski definition) is 4. The summed E-state index contributed by atoms with van der Waals surface area (Å²) in [6, 6.07) is 7.37. The van der Waals surface area contributed by atoms with Crippen molar-refractivity contribution in [2.75, 3.05) is 31.6 Å². The Morgan fingerprint density at radius 3 is 2.53 bits per heavy atom. The molecule has 5 nitrogen and oxygen atoms in total. The molecule has 1 amide bonds. The monoisotopic (exact) mass is 261 g/mol. The van der Waals surface area contributed by atoms with Crippen LogP contribution in [-0.4, -0.2) is 49.3 Å². The highest BCUT2D eigenvalue weighted by Crippen LogP contribution is 2.19. The van der Waals surface area contributed by atoms with Crippen LogP contribution in [0.25, 0.3) is 0 Å². The van der Waals surface area contributed by atoms with E-state index in [0.29, 0.717) is 18.7 Å². The molecule has 0 aromatic heterocycles. The molecule has 2 N–H and O–H groups in total. The Morgan fingerprint density at radius 2 is 2.00 bits per heavy atom. The average molecular weight is 261 g/mol. The van der Waals surface area contributed by atoms with E-state index in [-0.39, 0.29) is 17.7 Å². The van der Waals surface area contributed by atoms with Crippen LogP contribution in [0.5, 0.6) is 0 Å². The minimum atomic E-state index is 0.0359. The highest BCUT2D eigenvalue weighted by molar-refractivity contribution is 5.94. The molecular formula is C14H19N3O2. The first kappa shape index (κ1) is 13.5. The van der Waals surface area contributed by atoms with Gasteiger partial charge in [-0.15, -0.1) is 0 Å². The first-order valence-electron chi connectivity index (χ1n) is 6.34. The predicted octanol–water partition coefficient (Wildman–Crippen LogP) is 0.495. The molecule has 2 rings (SSSR count). The molecule has 1 aliphatic rings. The number of anilines is 1. The van der Waals surface area contributed by atoms with E-state index in [0.717, 1.165) is 12.2 Å². The van der Waals surface area contributed by atoms with Gasteiger partial charge in [0, 0.05) is 31.4 Å². The standard InChI is InChI=1S/C14H19N3O2/c1-10(18)11-3-5-12(6-4-11)17-8-13(7-15)16(2)14(19)9-17/h3-6,13H,7-9,15H2,1-2H3. The Balaban J connectivity index is 2.17. The molecule has 1 atom stereocenters. The number of rotatable bonds is 3. The summed E-state index contributed by atoms with van der Waals surface area (Å²) in [6.45, 7) is 3.06. The van der Waals surface area contributed by atoms with Crippen molar-refractivity contribution in [3.05, 3.63) is 29.8 Å². The van der Waals surface area contributed by atoms with Crippen LogP contribution < -0.4 is 10.6 Å². The van der Waals surface area contributed by atoms with Crippen LogP contribution in [0.4, 0.5) is 5.69 Å². The quantitative estimate of drug-likeness (QED) is 0.804. The van der Waals surface area contributed by atoms with Gasteiger partial charge in [-0.2, -0.15) is 0 Å². The molecule has 0 saturated carbocycles. The van der Waals surface area contributed by atoms with E-state index in [1.54, 1.807) is 31.0 Å². The molecule has 1 fully saturated rings. The van der Waals surface area contributed by atoms with Gasteiger partial charge in [0.05, 0.1) is 12.6 Å². The molecule has 1 unspecified atom stereocenters. The summed E-state index contributed by atoms with van der Waals surface area (Å²) in [5, 5.41) is 0. The van der Waals surface area contributed by atoms with Crippen molar-refractivity contribution in [2.45, 2.75) is 13.0 Å². The summed E-state index contributed by atoms with van der Waals surface area (Å²) in [7, 11) is 1.79. The van der Waals surface area contributed by atoms with Gasteiger partial charge in [-0.25, -0.2) is 0 Å². The Bertz CT molecular complexity index is 484. The summed E-state index contributed by atoms with van der Waals surface area (Å²) in [4.78, 5) is 26.8. The number of hydrogen-bond donors (Lipinski definition) is 1. The number of carbonyl (C=O) groups is 2. The van der Waals surface area contributed by atoms with E-state index < -0.39 is 0 Å². The van der Waals surface area contributed by atoms with Crippen molar-refractivity contribution in [3.8, 4) is 0 Å². The summed E-state index contributed by atoms with van der Waals surface area (Å²) in [5.41, 5.74) is 7.32. The summed E-state index contributed by atoms with van der Waals surface area (Å²) < 4.78 is 0. The molecule has 1 aromatic carbocycles. The minimum absolute atomic E-state index is 0.0359. The molecule has 0 bridgehead atoms. The topological polar surface area (TPSA) is 66.6 Å². The van der Waals surface area contributed by atoms with E-state index in [1.165, 1.54) is 0 Å². The smallest absolute Gasteiger partial charge is 0.242 e. The highest BCUT2D eigenvalue weighted by atomic mass is 16.2. The molecule has 5 heteroatoms. The SMILES string of the molecule is CC(=O)c1ccc(N2CC(=O)N(C)C(CN)C2)cc1. The van der Waals surface area contributed by atoms with Crippen LogP contribution in [-0.2, 0) is 4.79 Å². The lowest BCUT2D eigenvalue weighted by atomic mass is 10.1. The van der Waals surface area contributed by atoms with Crippen molar-refractivity contribution in [3.63, 3.8) is 0 Å². The fourth-order valence-electron chi connectivity index (χ4n) is 2.26. The molecule has 102 valence electrons. The number of carbonyl (C=O) groups excluding carboxylic acids is 2. The summed E-state index contributed by atoms with van der Waals surface area (Å²) in [5.74, 6) is 0.109. The zero-order valence-electron chi connectivity index (χ0n) is 11.3. The van der Waals surface area contributed by atoms with Crippen molar-refractivity contribution >= 4 is 17.4 Å². The Kier molecular flexibility index (Phi) is 3.85. The molecule has 1 aromatic rings. The first-order chi connectivity index (χ1) is 9.02. The second-order valence-corrected chi connectivity index (χ2v) is 4.88. The number of amides is 1. The van der Waals surface area contributed by atoms with Crippen LogP contribution >= 0.6 is 0 Å². The predicted molar refractivity (Wildman–Crippen MR) is 74.3 cm³/mol. The Labute approximate surface area is 113 Å². The number of nitrogens with two attached hydrogens (primary N) is 1. The zero-order valence-corrected chi connectivity index (χ0v) is 11.3. The van der Waals surface area contributed by atoms with Crippen LogP contribution in [0, 0.1) is 0 Å². The lowest BCUT2D eigenvalue weighted by Crippen LogP contribution is -2.57. The van der Waals surface area contributed by atoms with Gasteiger partial charge in [0.25, 0.3) is 0 Å². The third-order valence-corrected chi connectivity index (χ3v) is 3.61. The Morgan fingerprint density at radius 1 is 1.37 bits per heavy atom. The number of Topliss-reactive ketones (excluding diaryl/α,β-unsaturated/α-hetero) is 1. The molecule has 0 aliphatic carbocycles. The van der Waals surface area contributed by atoms with Gasteiger partial charge in [0.15, 0.2) is 5.78 Å². The lowest BCUT2D eigenvalue weighted by molar-refractivity contribution is -0.131. The van der Waals surface area contributed by atoms with Gasteiger partial charge in [0.1, 0.15) is 0 Å². The van der Waals surface area contributed by atoms with Gasteiger partial charge in [-0.05, 0) is 31.2 Å². The first-order valence-corrected chi connectivity index (χ1v) is 6.34. The number of piperazine rings is 1. The number of benzene rings is 1. The van der Waals surface area contributed by atoms with Gasteiger partial charge in [0.2, 0.25) is 5.91 Å². The van der Waals surface area contributed by atoms with Crippen molar-refractivity contribution in [2.24, 2.45) is 5.73 Å². The van der Waals surface area contributed by atoms with Crippen molar-refractivity contribution in [1.82, 2.24) is 4.90 Å². The van der Waals surface area contributed by atoms with Gasteiger partial charge in [-0.3, -0.25) is 9.59 Å². The summed E-state index contributed by atoms with van der Waals surface area (Å²) >= 11 is 0. The van der Waals surface area contributed by atoms with Crippen molar-refractivity contribution in [1.29, 1.82) is 0 Å². The van der Waals surface area contributed by atoms with Gasteiger partial charge < -0.3 is 15.5 Å². The third kappa shape index (κ3) is 2.76. The molecule has 19 heavy (non-hydrogen) atoms. The zero-order chi connectivity index (χ0) is 14.0. The molecule has 0 spiro atoms. The number of likely N-dealkylation sites (N-methyl/N-ethyl adjacent to an activating group) is 1. The molecule has 1 aliphatic heterocycles. The number of ketones is 1. The normalized spacial score (nSPS) is 19.7. The molecular weight excluding hydrogens is 242 g/mol. The van der Waals surface area contributed by atoms with Crippen LogP contribution in [0.2, 0.25) is 0 Å². The maximum absolute atomic E-state index is 11.9. The second kappa shape index (κ2) is 5.40. The van der Waals surface area contributed by atoms with Gasteiger partial charge in [-0.1, -0.05) is 0 Å². The molecule has 1 saturated heterocycles. The van der Waals surface area contributed by atoms with Crippen LogP contribution in [0.3, 0.4) is 0 Å². The van der Waals surface area contributed by atoms with E-state index in [2.05, 4.69) is 0 Å². The molecule has 0 radical (unpaired) electrons. The fraction of sp³-hybridized carbons (Fsp3) is 0.429. The maximum atomic E-state index is 11.9. The Hall–Kier alpha value is -1.88. The lowest BCUT2D eigenvalue weighted by Gasteiger charge is -2.39. The van der Waals surface area contributed by atoms with Gasteiger partial charge >= 0.3 is 0 Å². The highest BCUT2D eigenvalue weighted by Gasteiger charge is 2.28. The number of nitrogens with zero attached hydrogens (tertiary/aromatic N) is 2. The van der Waals surface area contributed by atoms with Crippen LogP contribution in [0.15, 0.2) is 24.3 Å². The minimum Gasteiger partial charge on any atom is -0.360 e. The third-order valence-electron chi connectivity index (χ3n) is 3.61.